The Labute approximate surface area is 56.1 Å². The Hall–Kier alpha value is -0.500. The zero-order chi connectivity index (χ0) is 5.98. The molecule has 41 valence electrons. The van der Waals surface area contributed by atoms with E-state index in [0.29, 0.717) is 0 Å². The summed E-state index contributed by atoms with van der Waals surface area (Å²) in [6.45, 7) is 0. The summed E-state index contributed by atoms with van der Waals surface area (Å²) < 4.78 is 0.775. The Bertz CT molecular complexity index is 168. The monoisotopic (exact) mass is 171 g/mol. The minimum Gasteiger partial charge on any atom is -0.508 e. The van der Waals surface area contributed by atoms with E-state index in [1.165, 1.54) is 0 Å². The number of phenolic OH excluding ortho intramolecular Hbond substituents is 1. The van der Waals surface area contributed by atoms with Crippen molar-refractivity contribution in [2.45, 2.75) is 0 Å². The molecule has 0 aliphatic rings. The van der Waals surface area contributed by atoms with Gasteiger partial charge < -0.3 is 5.11 Å². The second-order valence-electron chi connectivity index (χ2n) is 1.39. The van der Waals surface area contributed by atoms with Gasteiger partial charge in [-0.05, 0) is 24.3 Å². The van der Waals surface area contributed by atoms with Crippen LogP contribution in [-0.4, -0.2) is 5.11 Å². The van der Waals surface area contributed by atoms with Crippen molar-refractivity contribution in [3.63, 3.8) is 0 Å². The lowest BCUT2D eigenvalue weighted by Gasteiger charge is -1.87. The van der Waals surface area contributed by atoms with Crippen LogP contribution in [0, 0.1) is 6.07 Å². The molecular weight excluding hydrogens is 168 g/mol. The van der Waals surface area contributed by atoms with Crippen LogP contribution in [0.5, 0.6) is 5.75 Å². The molecule has 2 heteroatoms. The Balaban J connectivity index is 3.08. The van der Waals surface area contributed by atoms with Crippen molar-refractivity contribution in [3.8, 4) is 5.75 Å². The summed E-state index contributed by atoms with van der Waals surface area (Å²) >= 11 is 3.15. The molecule has 0 atom stereocenters. The second-order valence-corrected chi connectivity index (χ2v) is 2.25. The topological polar surface area (TPSA) is 20.2 Å². The number of hydrogen-bond acceptors (Lipinski definition) is 1. The fourth-order valence-corrected chi connectivity index (χ4v) is 0.793. The minimum atomic E-state index is 0.260. The van der Waals surface area contributed by atoms with Gasteiger partial charge in [0.2, 0.25) is 0 Å². The quantitative estimate of drug-likeness (QED) is 0.634. The highest BCUT2D eigenvalue weighted by atomic mass is 79.9. The van der Waals surface area contributed by atoms with E-state index >= 15 is 0 Å². The Morgan fingerprint density at radius 3 is 2.75 bits per heavy atom. The van der Waals surface area contributed by atoms with Crippen LogP contribution in [0.4, 0.5) is 0 Å². The van der Waals surface area contributed by atoms with Crippen LogP contribution in [-0.2, 0) is 0 Å². The molecule has 1 N–H and O–H groups in total. The summed E-state index contributed by atoms with van der Waals surface area (Å²) in [5.41, 5.74) is 0. The SMILES string of the molecule is Oc1cc[c]c(Br)c1. The minimum absolute atomic E-state index is 0.260. The van der Waals surface area contributed by atoms with Gasteiger partial charge in [-0.15, -0.1) is 0 Å². The molecule has 0 aliphatic heterocycles. The molecule has 8 heavy (non-hydrogen) atoms. The second kappa shape index (κ2) is 2.18. The van der Waals surface area contributed by atoms with Crippen LogP contribution in [0.25, 0.3) is 0 Å². The largest absolute Gasteiger partial charge is 0.508 e. The van der Waals surface area contributed by atoms with Gasteiger partial charge in [-0.2, -0.15) is 0 Å². The van der Waals surface area contributed by atoms with Crippen molar-refractivity contribution in [1.82, 2.24) is 0 Å². The predicted molar refractivity (Wildman–Crippen MR) is 34.6 cm³/mol. The third-order valence-electron chi connectivity index (χ3n) is 0.750. The van der Waals surface area contributed by atoms with Crippen molar-refractivity contribution in [2.24, 2.45) is 0 Å². The molecule has 0 fully saturated rings. The highest BCUT2D eigenvalue weighted by Crippen LogP contribution is 2.14. The Morgan fingerprint density at radius 2 is 2.38 bits per heavy atom. The van der Waals surface area contributed by atoms with E-state index in [1.807, 2.05) is 0 Å². The fraction of sp³-hybridized carbons (Fsp3) is 0. The molecule has 1 radical (unpaired) electrons. The van der Waals surface area contributed by atoms with Gasteiger partial charge in [0, 0.05) is 4.47 Å². The van der Waals surface area contributed by atoms with Crippen molar-refractivity contribution >= 4 is 15.9 Å². The standard InChI is InChI=1S/C6H4BrO/c7-5-2-1-3-6(8)4-5/h1,3-4,8H. The van der Waals surface area contributed by atoms with Gasteiger partial charge in [0.1, 0.15) is 5.75 Å². The maximum Gasteiger partial charge on any atom is 0.116 e. The molecule has 0 aromatic heterocycles. The molecule has 1 rings (SSSR count). The average molecular weight is 172 g/mol. The van der Waals surface area contributed by atoms with Gasteiger partial charge in [0.25, 0.3) is 0 Å². The molecule has 1 aromatic carbocycles. The van der Waals surface area contributed by atoms with Gasteiger partial charge in [-0.3, -0.25) is 0 Å². The molecule has 0 unspecified atom stereocenters. The zero-order valence-electron chi connectivity index (χ0n) is 4.06. The van der Waals surface area contributed by atoms with Gasteiger partial charge in [0.15, 0.2) is 0 Å². The van der Waals surface area contributed by atoms with Gasteiger partial charge in [0.05, 0.1) is 0 Å². The normalized spacial score (nSPS) is 9.12. The predicted octanol–water partition coefficient (Wildman–Crippen LogP) is 1.95. The van der Waals surface area contributed by atoms with Gasteiger partial charge >= 0.3 is 0 Å². The molecule has 0 heterocycles. The molecule has 0 saturated heterocycles. The summed E-state index contributed by atoms with van der Waals surface area (Å²) in [5, 5.41) is 8.76. The number of benzene rings is 1. The first-order valence-corrected chi connectivity index (χ1v) is 2.94. The third-order valence-corrected chi connectivity index (χ3v) is 1.21. The zero-order valence-corrected chi connectivity index (χ0v) is 5.64. The van der Waals surface area contributed by atoms with Crippen molar-refractivity contribution < 1.29 is 5.11 Å². The fourth-order valence-electron chi connectivity index (χ4n) is 0.426. The summed E-state index contributed by atoms with van der Waals surface area (Å²) in [6, 6.07) is 7.64. The average Bonchev–Trinajstić information content (AvgIpc) is 1.64. The first kappa shape index (κ1) is 5.63. The number of hydrogen-bond donors (Lipinski definition) is 1. The van der Waals surface area contributed by atoms with Crippen LogP contribution in [0.3, 0.4) is 0 Å². The molecule has 0 spiro atoms. The van der Waals surface area contributed by atoms with Crippen LogP contribution in [0.2, 0.25) is 0 Å². The summed E-state index contributed by atoms with van der Waals surface area (Å²) in [4.78, 5) is 0. The smallest absolute Gasteiger partial charge is 0.116 e. The molecule has 1 nitrogen and oxygen atoms in total. The van der Waals surface area contributed by atoms with Gasteiger partial charge in [-0.25, -0.2) is 0 Å². The van der Waals surface area contributed by atoms with Crippen molar-refractivity contribution in [1.29, 1.82) is 0 Å². The van der Waals surface area contributed by atoms with E-state index in [1.54, 1.807) is 18.2 Å². The Morgan fingerprint density at radius 1 is 1.62 bits per heavy atom. The van der Waals surface area contributed by atoms with E-state index in [2.05, 4.69) is 22.0 Å². The lowest BCUT2D eigenvalue weighted by molar-refractivity contribution is 0.475. The third kappa shape index (κ3) is 1.23. The van der Waals surface area contributed by atoms with E-state index in [9.17, 15) is 0 Å². The van der Waals surface area contributed by atoms with E-state index in [4.69, 9.17) is 5.11 Å². The van der Waals surface area contributed by atoms with Crippen LogP contribution in [0.1, 0.15) is 0 Å². The van der Waals surface area contributed by atoms with E-state index < -0.39 is 0 Å². The summed E-state index contributed by atoms with van der Waals surface area (Å²) in [6.07, 6.45) is 0. The van der Waals surface area contributed by atoms with Crippen LogP contribution in [0.15, 0.2) is 22.7 Å². The highest BCUT2D eigenvalue weighted by Gasteiger charge is 1.85. The lowest BCUT2D eigenvalue weighted by atomic mass is 10.3. The van der Waals surface area contributed by atoms with Crippen LogP contribution >= 0.6 is 15.9 Å². The maximum atomic E-state index is 8.76. The molecule has 0 saturated carbocycles. The number of aromatic hydroxyl groups is 1. The van der Waals surface area contributed by atoms with Gasteiger partial charge in [-0.1, -0.05) is 15.9 Å². The number of rotatable bonds is 0. The molecular formula is C6H4BrO. The first-order chi connectivity index (χ1) is 3.79. The molecule has 0 aliphatic carbocycles. The summed E-state index contributed by atoms with van der Waals surface area (Å²) in [5.74, 6) is 0.260. The molecule has 0 amide bonds. The van der Waals surface area contributed by atoms with Crippen molar-refractivity contribution in [3.05, 3.63) is 28.7 Å². The highest BCUT2D eigenvalue weighted by molar-refractivity contribution is 9.10. The lowest BCUT2D eigenvalue weighted by Crippen LogP contribution is -1.62. The van der Waals surface area contributed by atoms with Crippen molar-refractivity contribution in [2.75, 3.05) is 0 Å². The van der Waals surface area contributed by atoms with E-state index in [-0.39, 0.29) is 5.75 Å². The van der Waals surface area contributed by atoms with E-state index in [0.717, 1.165) is 4.47 Å². The maximum absolute atomic E-state index is 8.76. The molecule has 1 aromatic rings. The summed E-state index contributed by atoms with van der Waals surface area (Å²) in [7, 11) is 0. The first-order valence-electron chi connectivity index (χ1n) is 2.15. The van der Waals surface area contributed by atoms with Crippen LogP contribution < -0.4 is 0 Å². The number of phenols is 1. The number of halogens is 1. The molecule has 0 bridgehead atoms. The Kier molecular flexibility index (Phi) is 1.53.